The smallest absolute Gasteiger partial charge is 0.0991 e. The molecule has 0 amide bonds. The zero-order chi connectivity index (χ0) is 16.3. The lowest BCUT2D eigenvalue weighted by atomic mass is 9.89. The van der Waals surface area contributed by atoms with Gasteiger partial charge in [0.05, 0.1) is 18.2 Å². The first-order valence-electron chi connectivity index (χ1n) is 7.85. The molecule has 0 fully saturated rings. The third kappa shape index (κ3) is 3.51. The summed E-state index contributed by atoms with van der Waals surface area (Å²) in [6, 6.07) is 8.36. The molecular weight excluding hydrogens is 286 g/mol. The number of H-pyrrole nitrogens is 1. The molecule has 0 bridgehead atoms. The first-order chi connectivity index (χ1) is 11.1. The average molecular weight is 309 g/mol. The minimum atomic E-state index is 0.0717. The van der Waals surface area contributed by atoms with Gasteiger partial charge in [-0.1, -0.05) is 39.0 Å². The maximum Gasteiger partial charge on any atom is 0.0991 e. The molecule has 0 aliphatic carbocycles. The highest BCUT2D eigenvalue weighted by Crippen LogP contribution is 2.23. The maximum absolute atomic E-state index is 4.20. The number of imidazole rings is 1. The van der Waals surface area contributed by atoms with Crippen molar-refractivity contribution in [1.82, 2.24) is 25.1 Å². The third-order valence-electron chi connectivity index (χ3n) is 3.87. The summed E-state index contributed by atoms with van der Waals surface area (Å²) in [5.41, 5.74) is 4.87. The van der Waals surface area contributed by atoms with Crippen LogP contribution in [-0.4, -0.2) is 19.7 Å². The number of rotatable bonds is 5. The van der Waals surface area contributed by atoms with Crippen LogP contribution in [0.4, 0.5) is 0 Å². The van der Waals surface area contributed by atoms with Crippen LogP contribution in [0.1, 0.15) is 37.6 Å². The molecule has 0 aliphatic heterocycles. The van der Waals surface area contributed by atoms with Crippen LogP contribution >= 0.6 is 0 Å². The first-order valence-corrected chi connectivity index (χ1v) is 7.85. The van der Waals surface area contributed by atoms with E-state index in [-0.39, 0.29) is 5.41 Å². The van der Waals surface area contributed by atoms with E-state index in [9.17, 15) is 0 Å². The second-order valence-corrected chi connectivity index (χ2v) is 6.72. The fourth-order valence-corrected chi connectivity index (χ4v) is 2.74. The van der Waals surface area contributed by atoms with Crippen molar-refractivity contribution in [1.29, 1.82) is 0 Å². The van der Waals surface area contributed by atoms with Crippen LogP contribution in [0.5, 0.6) is 0 Å². The summed E-state index contributed by atoms with van der Waals surface area (Å²) in [6.45, 7) is 8.17. The molecule has 3 rings (SSSR count). The number of nitrogens with zero attached hydrogens (tertiary/aromatic N) is 3. The van der Waals surface area contributed by atoms with Gasteiger partial charge in [0.25, 0.3) is 0 Å². The van der Waals surface area contributed by atoms with E-state index in [1.165, 1.54) is 16.8 Å². The van der Waals surface area contributed by atoms with Gasteiger partial charge in [0.2, 0.25) is 0 Å². The number of hydrogen-bond acceptors (Lipinski definition) is 3. The van der Waals surface area contributed by atoms with Gasteiger partial charge in [-0.2, -0.15) is 5.10 Å². The van der Waals surface area contributed by atoms with Gasteiger partial charge in [0.1, 0.15) is 0 Å². The number of aromatic nitrogens is 4. The lowest BCUT2D eigenvalue weighted by Crippen LogP contribution is -2.19. The van der Waals surface area contributed by atoms with Crippen molar-refractivity contribution in [2.45, 2.75) is 39.3 Å². The summed E-state index contributed by atoms with van der Waals surface area (Å²) < 4.78 is 2.04. The van der Waals surface area contributed by atoms with Gasteiger partial charge in [-0.25, -0.2) is 4.98 Å². The summed E-state index contributed by atoms with van der Waals surface area (Å²) in [5.74, 6) is 0. The Balaban J connectivity index is 1.70. The predicted molar refractivity (Wildman–Crippen MR) is 91.4 cm³/mol. The Morgan fingerprint density at radius 3 is 2.65 bits per heavy atom. The molecule has 0 atom stereocenters. The minimum Gasteiger partial charge on any atom is -0.308 e. The molecule has 3 aromatic rings. The third-order valence-corrected chi connectivity index (χ3v) is 3.87. The van der Waals surface area contributed by atoms with Gasteiger partial charge >= 0.3 is 0 Å². The zero-order valence-electron chi connectivity index (χ0n) is 13.9. The zero-order valence-corrected chi connectivity index (χ0v) is 13.9. The number of nitrogens with one attached hydrogen (secondary N) is 2. The number of benzene rings is 1. The van der Waals surface area contributed by atoms with Crippen LogP contribution in [-0.2, 0) is 18.5 Å². The molecule has 2 aromatic heterocycles. The van der Waals surface area contributed by atoms with Crippen LogP contribution in [0.25, 0.3) is 5.69 Å². The molecule has 1 aromatic carbocycles. The van der Waals surface area contributed by atoms with Gasteiger partial charge in [-0.05, 0) is 11.6 Å². The average Bonchev–Trinajstić information content (AvgIpc) is 3.18. The van der Waals surface area contributed by atoms with Crippen molar-refractivity contribution in [2.75, 3.05) is 0 Å². The lowest BCUT2D eigenvalue weighted by Gasteiger charge is -2.18. The summed E-state index contributed by atoms with van der Waals surface area (Å²) in [7, 11) is 0. The molecule has 120 valence electrons. The monoisotopic (exact) mass is 309 g/mol. The van der Waals surface area contributed by atoms with Crippen molar-refractivity contribution in [3.05, 3.63) is 66.0 Å². The largest absolute Gasteiger partial charge is 0.308 e. The molecule has 0 aliphatic rings. The highest BCUT2D eigenvalue weighted by Gasteiger charge is 2.19. The highest BCUT2D eigenvalue weighted by atomic mass is 15.1. The van der Waals surface area contributed by atoms with Gasteiger partial charge in [0.15, 0.2) is 0 Å². The fourth-order valence-electron chi connectivity index (χ4n) is 2.74. The van der Waals surface area contributed by atoms with Gasteiger partial charge in [-0.3, -0.25) is 5.10 Å². The van der Waals surface area contributed by atoms with Gasteiger partial charge < -0.3 is 9.88 Å². The molecule has 5 nitrogen and oxygen atoms in total. The Bertz CT molecular complexity index is 750. The van der Waals surface area contributed by atoms with Crippen molar-refractivity contribution in [3.8, 4) is 5.69 Å². The molecule has 0 radical (unpaired) electrons. The molecule has 5 heteroatoms. The van der Waals surface area contributed by atoms with Crippen LogP contribution in [0, 0.1) is 0 Å². The highest BCUT2D eigenvalue weighted by molar-refractivity contribution is 5.40. The Morgan fingerprint density at radius 2 is 1.91 bits per heavy atom. The SMILES string of the molecule is CC(C)(C)c1[nH]ncc1CNCc1ccccc1-n1ccnc1. The quantitative estimate of drug-likeness (QED) is 0.761. The van der Waals surface area contributed by atoms with E-state index in [1.54, 1.807) is 6.20 Å². The number of hydrogen-bond donors (Lipinski definition) is 2. The van der Waals surface area contributed by atoms with Gasteiger partial charge in [0, 0.05) is 42.2 Å². The molecule has 0 saturated heterocycles. The van der Waals surface area contributed by atoms with E-state index in [0.717, 1.165) is 18.8 Å². The van der Waals surface area contributed by atoms with Crippen molar-refractivity contribution in [2.24, 2.45) is 0 Å². The van der Waals surface area contributed by atoms with E-state index in [2.05, 4.69) is 59.5 Å². The van der Waals surface area contributed by atoms with E-state index in [4.69, 9.17) is 0 Å². The predicted octanol–water partition coefficient (Wildman–Crippen LogP) is 3.18. The standard InChI is InChI=1S/C18H23N5/c1-18(2,3)17-15(12-21-22-17)11-20-10-14-6-4-5-7-16(14)23-9-8-19-13-23/h4-9,12-13,20H,10-11H2,1-3H3,(H,21,22). The Labute approximate surface area is 136 Å². The molecule has 0 saturated carbocycles. The molecule has 2 heterocycles. The summed E-state index contributed by atoms with van der Waals surface area (Å²) >= 11 is 0. The van der Waals surface area contributed by atoms with E-state index in [1.807, 2.05) is 29.4 Å². The molecule has 0 spiro atoms. The van der Waals surface area contributed by atoms with E-state index < -0.39 is 0 Å². The normalized spacial score (nSPS) is 11.8. The van der Waals surface area contributed by atoms with Crippen molar-refractivity contribution in [3.63, 3.8) is 0 Å². The second-order valence-electron chi connectivity index (χ2n) is 6.72. The maximum atomic E-state index is 4.20. The van der Waals surface area contributed by atoms with E-state index in [0.29, 0.717) is 0 Å². The van der Waals surface area contributed by atoms with Crippen molar-refractivity contribution >= 4 is 0 Å². The van der Waals surface area contributed by atoms with Crippen LogP contribution in [0.2, 0.25) is 0 Å². The minimum absolute atomic E-state index is 0.0717. The topological polar surface area (TPSA) is 58.5 Å². The summed E-state index contributed by atoms with van der Waals surface area (Å²) in [5, 5.41) is 10.8. The summed E-state index contributed by atoms with van der Waals surface area (Å²) in [4.78, 5) is 4.13. The Morgan fingerprint density at radius 1 is 1.13 bits per heavy atom. The summed E-state index contributed by atoms with van der Waals surface area (Å²) in [6.07, 6.45) is 7.50. The molecule has 23 heavy (non-hydrogen) atoms. The Kier molecular flexibility index (Phi) is 4.30. The van der Waals surface area contributed by atoms with Crippen molar-refractivity contribution < 1.29 is 0 Å². The van der Waals surface area contributed by atoms with Gasteiger partial charge in [-0.15, -0.1) is 0 Å². The lowest BCUT2D eigenvalue weighted by molar-refractivity contribution is 0.553. The Hall–Kier alpha value is -2.40. The van der Waals surface area contributed by atoms with E-state index >= 15 is 0 Å². The fraction of sp³-hybridized carbons (Fsp3) is 0.333. The first kappa shape index (κ1) is 15.5. The van der Waals surface area contributed by atoms with Crippen LogP contribution < -0.4 is 5.32 Å². The molecular formula is C18H23N5. The molecule has 2 N–H and O–H groups in total. The number of para-hydroxylation sites is 1. The molecule has 0 unspecified atom stereocenters. The second kappa shape index (κ2) is 6.38. The number of aromatic amines is 1. The van der Waals surface area contributed by atoms with Crippen LogP contribution in [0.3, 0.4) is 0 Å². The van der Waals surface area contributed by atoms with Crippen LogP contribution in [0.15, 0.2) is 49.2 Å².